The third-order valence-corrected chi connectivity index (χ3v) is 5.22. The minimum atomic E-state index is 0. The molecule has 3 heterocycles. The fourth-order valence-electron chi connectivity index (χ4n) is 3.87. The zero-order valence-corrected chi connectivity index (χ0v) is 17.4. The molecule has 7 heteroatoms. The van der Waals surface area contributed by atoms with E-state index < -0.39 is 0 Å². The van der Waals surface area contributed by atoms with Gasteiger partial charge < -0.3 is 10.1 Å². The number of hydrogen-bond donors (Lipinski definition) is 1. The zero-order chi connectivity index (χ0) is 18.8. The molecule has 0 bridgehead atoms. The number of methoxy groups -OCH3 is 1. The average Bonchev–Trinajstić information content (AvgIpc) is 3.12. The van der Waals surface area contributed by atoms with Crippen LogP contribution in [0, 0.1) is 0 Å². The first-order chi connectivity index (χ1) is 13.2. The summed E-state index contributed by atoms with van der Waals surface area (Å²) in [5.41, 5.74) is 3.40. The lowest BCUT2D eigenvalue weighted by molar-refractivity contribution is 0.151. The molecule has 0 aliphatic carbocycles. The third-order valence-electron chi connectivity index (χ3n) is 5.22. The molecule has 28 heavy (non-hydrogen) atoms. The highest BCUT2D eigenvalue weighted by Crippen LogP contribution is 2.31. The summed E-state index contributed by atoms with van der Waals surface area (Å²) >= 11 is 0. The van der Waals surface area contributed by atoms with Gasteiger partial charge in [0.1, 0.15) is 5.75 Å². The predicted molar refractivity (Wildman–Crippen MR) is 114 cm³/mol. The Morgan fingerprint density at radius 2 is 2.07 bits per heavy atom. The van der Waals surface area contributed by atoms with Crippen molar-refractivity contribution in [2.24, 2.45) is 0 Å². The van der Waals surface area contributed by atoms with Crippen LogP contribution in [0.25, 0.3) is 11.0 Å². The van der Waals surface area contributed by atoms with E-state index in [0.717, 1.165) is 43.0 Å². The van der Waals surface area contributed by atoms with Crippen molar-refractivity contribution in [3.8, 4) is 5.75 Å². The smallest absolute Gasteiger partial charge is 0.157 e. The number of para-hydroxylation sites is 1. The van der Waals surface area contributed by atoms with E-state index in [-0.39, 0.29) is 18.4 Å². The van der Waals surface area contributed by atoms with E-state index in [2.05, 4.69) is 47.4 Å². The molecule has 1 atom stereocenters. The van der Waals surface area contributed by atoms with Crippen LogP contribution in [0.2, 0.25) is 0 Å². The number of piperazine rings is 1. The first-order valence-corrected chi connectivity index (χ1v) is 9.57. The molecule has 1 unspecified atom stereocenters. The van der Waals surface area contributed by atoms with Crippen molar-refractivity contribution in [2.45, 2.75) is 32.5 Å². The zero-order valence-electron chi connectivity index (χ0n) is 16.6. The van der Waals surface area contributed by atoms with Gasteiger partial charge in [0.15, 0.2) is 5.65 Å². The largest absolute Gasteiger partial charge is 0.496 e. The molecule has 2 aromatic heterocycles. The second-order valence-electron chi connectivity index (χ2n) is 7.37. The molecule has 0 spiro atoms. The van der Waals surface area contributed by atoms with Gasteiger partial charge in [0.05, 0.1) is 19.3 Å². The summed E-state index contributed by atoms with van der Waals surface area (Å²) in [6.07, 6.45) is 3.91. The molecular formula is C21H28ClN5O. The van der Waals surface area contributed by atoms with Crippen LogP contribution >= 0.6 is 12.4 Å². The van der Waals surface area contributed by atoms with Crippen molar-refractivity contribution in [3.05, 3.63) is 53.9 Å². The van der Waals surface area contributed by atoms with Gasteiger partial charge in [0, 0.05) is 49.4 Å². The highest BCUT2D eigenvalue weighted by Gasteiger charge is 2.26. The Labute approximate surface area is 172 Å². The first kappa shape index (κ1) is 20.6. The van der Waals surface area contributed by atoms with Crippen LogP contribution in [-0.4, -0.2) is 46.4 Å². The third kappa shape index (κ3) is 3.99. The Morgan fingerprint density at radius 3 is 2.86 bits per heavy atom. The van der Waals surface area contributed by atoms with Gasteiger partial charge in [-0.2, -0.15) is 5.10 Å². The quantitative estimate of drug-likeness (QED) is 0.708. The highest BCUT2D eigenvalue weighted by molar-refractivity contribution is 5.85. The van der Waals surface area contributed by atoms with Gasteiger partial charge in [-0.25, -0.2) is 9.67 Å². The summed E-state index contributed by atoms with van der Waals surface area (Å²) in [7, 11) is 1.74. The minimum Gasteiger partial charge on any atom is -0.496 e. The number of halogens is 1. The van der Waals surface area contributed by atoms with E-state index in [1.54, 1.807) is 7.11 Å². The van der Waals surface area contributed by atoms with Crippen molar-refractivity contribution < 1.29 is 4.74 Å². The number of hydrogen-bond acceptors (Lipinski definition) is 5. The maximum Gasteiger partial charge on any atom is 0.157 e. The standard InChI is InChI=1S/C21H27N5O.ClH/c1-15(2)26-21-17(12-24-26)10-16(11-23-21)14-25-9-8-22-13-19(25)18-6-4-5-7-20(18)27-3;/h4-7,10-12,15,19,22H,8-9,13-14H2,1-3H3;1H. The molecule has 1 saturated heterocycles. The molecule has 0 amide bonds. The number of nitrogens with one attached hydrogen (secondary N) is 1. The Hall–Kier alpha value is -2.15. The van der Waals surface area contributed by atoms with E-state index >= 15 is 0 Å². The van der Waals surface area contributed by atoms with Crippen LogP contribution < -0.4 is 10.1 Å². The van der Waals surface area contributed by atoms with Gasteiger partial charge in [0.2, 0.25) is 0 Å². The second-order valence-corrected chi connectivity index (χ2v) is 7.37. The predicted octanol–water partition coefficient (Wildman–Crippen LogP) is 3.59. The highest BCUT2D eigenvalue weighted by atomic mass is 35.5. The maximum atomic E-state index is 5.60. The fraction of sp³-hybridized carbons (Fsp3) is 0.429. The van der Waals surface area contributed by atoms with Gasteiger partial charge >= 0.3 is 0 Å². The lowest BCUT2D eigenvalue weighted by Crippen LogP contribution is -2.45. The maximum absolute atomic E-state index is 5.60. The second kappa shape index (κ2) is 8.90. The number of aromatic nitrogens is 3. The molecule has 1 fully saturated rings. The van der Waals surface area contributed by atoms with Crippen LogP contribution in [-0.2, 0) is 6.54 Å². The molecule has 1 aromatic carbocycles. The average molecular weight is 402 g/mol. The summed E-state index contributed by atoms with van der Waals surface area (Å²) < 4.78 is 7.58. The summed E-state index contributed by atoms with van der Waals surface area (Å²) in [6, 6.07) is 11.1. The number of nitrogens with zero attached hydrogens (tertiary/aromatic N) is 4. The molecule has 0 saturated carbocycles. The molecule has 4 rings (SSSR count). The number of ether oxygens (including phenoxy) is 1. The van der Waals surface area contributed by atoms with Crippen molar-refractivity contribution in [1.29, 1.82) is 0 Å². The van der Waals surface area contributed by atoms with Crippen LogP contribution in [0.5, 0.6) is 5.75 Å². The Bertz CT molecular complexity index is 926. The number of benzene rings is 1. The summed E-state index contributed by atoms with van der Waals surface area (Å²) in [5.74, 6) is 0.947. The SMILES string of the molecule is COc1ccccc1C1CNCCN1Cc1cnc2c(cnn2C(C)C)c1.Cl. The molecule has 0 radical (unpaired) electrons. The first-order valence-electron chi connectivity index (χ1n) is 9.57. The monoisotopic (exact) mass is 401 g/mol. The van der Waals surface area contributed by atoms with E-state index in [1.165, 1.54) is 11.1 Å². The summed E-state index contributed by atoms with van der Waals surface area (Å²) in [6.45, 7) is 8.02. The lowest BCUT2D eigenvalue weighted by Gasteiger charge is -2.37. The van der Waals surface area contributed by atoms with Crippen molar-refractivity contribution in [2.75, 3.05) is 26.7 Å². The molecular weight excluding hydrogens is 374 g/mol. The van der Waals surface area contributed by atoms with Crippen LogP contribution in [0.3, 0.4) is 0 Å². The van der Waals surface area contributed by atoms with Gasteiger partial charge in [-0.05, 0) is 31.5 Å². The van der Waals surface area contributed by atoms with Crippen LogP contribution in [0.15, 0.2) is 42.7 Å². The molecule has 1 aliphatic rings. The van der Waals surface area contributed by atoms with Crippen molar-refractivity contribution in [3.63, 3.8) is 0 Å². The Morgan fingerprint density at radius 1 is 1.25 bits per heavy atom. The Kier molecular flexibility index (Phi) is 6.54. The van der Waals surface area contributed by atoms with Gasteiger partial charge in [0.25, 0.3) is 0 Å². The number of pyridine rings is 1. The van der Waals surface area contributed by atoms with E-state index in [9.17, 15) is 0 Å². The van der Waals surface area contributed by atoms with Crippen LogP contribution in [0.4, 0.5) is 0 Å². The van der Waals surface area contributed by atoms with Crippen molar-refractivity contribution in [1.82, 2.24) is 25.0 Å². The molecule has 1 aliphatic heterocycles. The van der Waals surface area contributed by atoms with Crippen molar-refractivity contribution >= 4 is 23.4 Å². The molecule has 6 nitrogen and oxygen atoms in total. The molecule has 1 N–H and O–H groups in total. The summed E-state index contributed by atoms with van der Waals surface area (Å²) in [5, 5.41) is 9.10. The Balaban J connectivity index is 0.00000225. The molecule has 3 aromatic rings. The summed E-state index contributed by atoms with van der Waals surface area (Å²) in [4.78, 5) is 7.20. The van der Waals surface area contributed by atoms with E-state index in [4.69, 9.17) is 9.72 Å². The molecule has 150 valence electrons. The van der Waals surface area contributed by atoms with Gasteiger partial charge in [-0.15, -0.1) is 12.4 Å². The van der Waals surface area contributed by atoms with Crippen LogP contribution in [0.1, 0.15) is 37.1 Å². The minimum absolute atomic E-state index is 0. The fourth-order valence-corrected chi connectivity index (χ4v) is 3.87. The number of rotatable bonds is 5. The van der Waals surface area contributed by atoms with Gasteiger partial charge in [-0.1, -0.05) is 18.2 Å². The number of fused-ring (bicyclic) bond motifs is 1. The lowest BCUT2D eigenvalue weighted by atomic mass is 10.0. The van der Waals surface area contributed by atoms with E-state index in [0.29, 0.717) is 6.04 Å². The van der Waals surface area contributed by atoms with E-state index in [1.807, 2.05) is 29.2 Å². The topological polar surface area (TPSA) is 55.2 Å². The normalized spacial score (nSPS) is 17.6. The van der Waals surface area contributed by atoms with Gasteiger partial charge in [-0.3, -0.25) is 4.90 Å².